The molecule has 2 atom stereocenters. The van der Waals surface area contributed by atoms with Crippen LogP contribution in [0.25, 0.3) is 0 Å². The summed E-state index contributed by atoms with van der Waals surface area (Å²) in [5.74, 6) is -2.87. The van der Waals surface area contributed by atoms with Gasteiger partial charge in [-0.15, -0.1) is 23.2 Å². The lowest BCUT2D eigenvalue weighted by Gasteiger charge is -2.06. The summed E-state index contributed by atoms with van der Waals surface area (Å²) in [4.78, 5) is 44.9. The summed E-state index contributed by atoms with van der Waals surface area (Å²) in [5.41, 5.74) is -1.08. The van der Waals surface area contributed by atoms with E-state index in [0.29, 0.717) is 0 Å². The molecule has 0 heterocycles. The number of ether oxygens (including phenoxy) is 2. The molecule has 0 saturated heterocycles. The maximum absolute atomic E-state index is 12.2. The molecule has 2 aromatic rings. The molecule has 0 spiro atoms. The minimum Gasteiger partial charge on any atom is -0.462 e. The van der Waals surface area contributed by atoms with E-state index in [1.807, 2.05) is 0 Å². The van der Waals surface area contributed by atoms with Crippen LogP contribution in [0.1, 0.15) is 20.7 Å². The monoisotopic (exact) mass is 536 g/mol. The Morgan fingerprint density at radius 3 is 1.52 bits per heavy atom. The van der Waals surface area contributed by atoms with Gasteiger partial charge in [0, 0.05) is 24.0 Å². The number of esters is 2. The minimum absolute atomic E-state index is 0.0891. The maximum atomic E-state index is 12.2. The Hall–Kier alpha value is -2.66. The fourth-order valence-electron chi connectivity index (χ4n) is 2.97. The summed E-state index contributed by atoms with van der Waals surface area (Å²) >= 11 is 23.8. The van der Waals surface area contributed by atoms with Crippen LogP contribution in [0.15, 0.2) is 36.4 Å². The molecule has 1 saturated carbocycles. The first-order valence-corrected chi connectivity index (χ1v) is 10.5. The molecule has 33 heavy (non-hydrogen) atoms. The van der Waals surface area contributed by atoms with Crippen molar-refractivity contribution in [2.24, 2.45) is 11.8 Å². The van der Waals surface area contributed by atoms with E-state index in [4.69, 9.17) is 55.9 Å². The first-order chi connectivity index (χ1) is 15.4. The zero-order chi connectivity index (χ0) is 24.5. The molecule has 0 radical (unpaired) electrons. The van der Waals surface area contributed by atoms with Gasteiger partial charge in [0.05, 0.1) is 34.2 Å². The van der Waals surface area contributed by atoms with Crippen LogP contribution >= 0.6 is 46.4 Å². The van der Waals surface area contributed by atoms with E-state index in [2.05, 4.69) is 0 Å². The number of carbonyl (C=O) groups excluding carboxylic acids is 2. The predicted octanol–water partition coefficient (Wildman–Crippen LogP) is 5.24. The highest BCUT2D eigenvalue weighted by molar-refractivity contribution is 6.51. The second kappa shape index (κ2) is 9.68. The van der Waals surface area contributed by atoms with Gasteiger partial charge in [-0.1, -0.05) is 23.2 Å². The maximum Gasteiger partial charge on any atom is 0.338 e. The van der Waals surface area contributed by atoms with Crippen molar-refractivity contribution in [3.8, 4) is 0 Å². The molecule has 0 unspecified atom stereocenters. The Balaban J connectivity index is 1.57. The lowest BCUT2D eigenvalue weighted by molar-refractivity contribution is -0.384. The molecular weight excluding hydrogens is 526 g/mol. The van der Waals surface area contributed by atoms with Gasteiger partial charge in [0.25, 0.3) is 11.4 Å². The van der Waals surface area contributed by atoms with E-state index < -0.39 is 49.3 Å². The van der Waals surface area contributed by atoms with Gasteiger partial charge in [-0.25, -0.2) is 9.59 Å². The quantitative estimate of drug-likeness (QED) is 0.192. The highest BCUT2D eigenvalue weighted by Gasteiger charge is 2.64. The lowest BCUT2D eigenvalue weighted by atomic mass is 10.2. The Morgan fingerprint density at radius 1 is 0.818 bits per heavy atom. The first kappa shape index (κ1) is 25.0. The molecule has 14 heteroatoms. The predicted molar refractivity (Wildman–Crippen MR) is 118 cm³/mol. The van der Waals surface area contributed by atoms with E-state index in [9.17, 15) is 29.8 Å². The lowest BCUT2D eigenvalue weighted by Crippen LogP contribution is -2.11. The van der Waals surface area contributed by atoms with E-state index in [-0.39, 0.29) is 34.4 Å². The third-order valence-electron chi connectivity index (χ3n) is 4.91. The van der Waals surface area contributed by atoms with Gasteiger partial charge in [-0.2, -0.15) is 0 Å². The van der Waals surface area contributed by atoms with Crippen molar-refractivity contribution in [3.05, 3.63) is 77.8 Å². The smallest absolute Gasteiger partial charge is 0.338 e. The standard InChI is InChI=1S/C19H12Cl4N2O8/c20-13-3-1-9(5-15(13)24(28)29)17(26)32-7-11-12(19(11,22)23)8-33-18(27)10-2-4-14(21)16(6-10)25(30)31/h1-6,11-12H,7-8H2/t11-,12-/m0/s1. The number of nitro benzene ring substituents is 2. The van der Waals surface area contributed by atoms with Crippen LogP contribution in [0.4, 0.5) is 11.4 Å². The van der Waals surface area contributed by atoms with Crippen molar-refractivity contribution in [1.29, 1.82) is 0 Å². The molecule has 3 rings (SSSR count). The fourth-order valence-corrected chi connectivity index (χ4v) is 4.08. The van der Waals surface area contributed by atoms with Gasteiger partial charge in [-0.05, 0) is 24.3 Å². The van der Waals surface area contributed by atoms with Gasteiger partial charge >= 0.3 is 11.9 Å². The number of nitrogens with zero attached hydrogens (tertiary/aromatic N) is 2. The molecule has 2 aromatic carbocycles. The fraction of sp³-hybridized carbons (Fsp3) is 0.263. The second-order valence-electron chi connectivity index (χ2n) is 6.93. The summed E-state index contributed by atoms with van der Waals surface area (Å²) in [6, 6.07) is 6.90. The number of hydrogen-bond donors (Lipinski definition) is 0. The number of nitro groups is 2. The zero-order valence-corrected chi connectivity index (χ0v) is 19.2. The van der Waals surface area contributed by atoms with E-state index in [0.717, 1.165) is 12.1 Å². The van der Waals surface area contributed by atoms with Crippen molar-refractivity contribution in [3.63, 3.8) is 0 Å². The Bertz CT molecular complexity index is 1070. The Labute approximate surface area is 205 Å². The summed E-state index contributed by atoms with van der Waals surface area (Å²) in [7, 11) is 0. The topological polar surface area (TPSA) is 139 Å². The molecule has 1 aliphatic rings. The van der Waals surface area contributed by atoms with Gasteiger partial charge < -0.3 is 9.47 Å². The van der Waals surface area contributed by atoms with Crippen LogP contribution < -0.4 is 0 Å². The SMILES string of the molecule is O=C(OC[C@H]1[C@H](COC(=O)c2ccc(Cl)c([N+](=O)[O-])c2)C1(Cl)Cl)c1ccc(Cl)c([N+](=O)[O-])c1. The number of halogens is 4. The van der Waals surface area contributed by atoms with Crippen LogP contribution in [0.3, 0.4) is 0 Å². The van der Waals surface area contributed by atoms with Crippen molar-refractivity contribution in [1.82, 2.24) is 0 Å². The summed E-state index contributed by atoms with van der Waals surface area (Å²) in [6.45, 7) is -0.478. The van der Waals surface area contributed by atoms with Crippen LogP contribution in [0, 0.1) is 32.1 Å². The average Bonchev–Trinajstić information content (AvgIpc) is 3.28. The van der Waals surface area contributed by atoms with Gasteiger partial charge in [0.1, 0.15) is 14.4 Å². The summed E-state index contributed by atoms with van der Waals surface area (Å²) in [5, 5.41) is 21.6. The molecule has 0 bridgehead atoms. The number of hydrogen-bond acceptors (Lipinski definition) is 8. The van der Waals surface area contributed by atoms with Crippen LogP contribution in [0.5, 0.6) is 0 Å². The van der Waals surface area contributed by atoms with Crippen LogP contribution in [0.2, 0.25) is 10.0 Å². The van der Waals surface area contributed by atoms with E-state index >= 15 is 0 Å². The van der Waals surface area contributed by atoms with Crippen molar-refractivity contribution < 1.29 is 28.9 Å². The minimum atomic E-state index is -1.35. The zero-order valence-electron chi connectivity index (χ0n) is 16.2. The second-order valence-corrected chi connectivity index (χ2v) is 9.19. The largest absolute Gasteiger partial charge is 0.462 e. The van der Waals surface area contributed by atoms with Crippen molar-refractivity contribution >= 4 is 69.7 Å². The average molecular weight is 538 g/mol. The number of rotatable bonds is 8. The van der Waals surface area contributed by atoms with Crippen LogP contribution in [-0.4, -0.2) is 39.3 Å². The van der Waals surface area contributed by atoms with E-state index in [1.165, 1.54) is 24.3 Å². The van der Waals surface area contributed by atoms with Gasteiger partial charge in [0.15, 0.2) is 0 Å². The normalized spacial score (nSPS) is 18.3. The van der Waals surface area contributed by atoms with Crippen molar-refractivity contribution in [2.45, 2.75) is 4.33 Å². The Morgan fingerprint density at radius 2 is 1.18 bits per heavy atom. The summed E-state index contributed by atoms with van der Waals surface area (Å²) < 4.78 is 8.92. The highest BCUT2D eigenvalue weighted by Crippen LogP contribution is 2.59. The molecule has 1 fully saturated rings. The third kappa shape index (κ3) is 5.47. The number of carbonyl (C=O) groups is 2. The van der Waals surface area contributed by atoms with Gasteiger partial charge in [0.2, 0.25) is 0 Å². The number of benzene rings is 2. The van der Waals surface area contributed by atoms with Crippen LogP contribution in [-0.2, 0) is 9.47 Å². The van der Waals surface area contributed by atoms with E-state index in [1.54, 1.807) is 0 Å². The van der Waals surface area contributed by atoms with Crippen molar-refractivity contribution in [2.75, 3.05) is 13.2 Å². The third-order valence-corrected chi connectivity index (χ3v) is 6.67. The summed E-state index contributed by atoms with van der Waals surface area (Å²) in [6.07, 6.45) is 0. The molecule has 10 nitrogen and oxygen atoms in total. The van der Waals surface area contributed by atoms with Gasteiger partial charge in [-0.3, -0.25) is 20.2 Å². The number of alkyl halides is 2. The molecule has 174 valence electrons. The molecule has 0 aliphatic heterocycles. The molecular formula is C19H12Cl4N2O8. The highest BCUT2D eigenvalue weighted by atomic mass is 35.5. The molecule has 0 aromatic heterocycles. The first-order valence-electron chi connectivity index (χ1n) is 9.03. The molecule has 0 amide bonds. The molecule has 0 N–H and O–H groups in total. The Kier molecular flexibility index (Phi) is 7.32. The molecule has 1 aliphatic carbocycles.